The van der Waals surface area contributed by atoms with Gasteiger partial charge in [0.25, 0.3) is 0 Å². The van der Waals surface area contributed by atoms with Gasteiger partial charge < -0.3 is 26.0 Å². The van der Waals surface area contributed by atoms with Gasteiger partial charge in [0.15, 0.2) is 0 Å². The van der Waals surface area contributed by atoms with Crippen LogP contribution in [0.5, 0.6) is 0 Å². The standard InChI is InChI=1S/C18H34ClN7O2/c1-25-7-4-14(28-12-2-5-21-6-3-12)13(10-25)23-18(27)15-16(20)24-26-9-11(19)8-22-17(15)26/h11-17,21-22,24H,2-10,20H2,1H3,(H,23,27). The fraction of sp³-hybridized carbons (Fsp3) is 0.944. The van der Waals surface area contributed by atoms with E-state index in [2.05, 4.69) is 33.3 Å². The minimum Gasteiger partial charge on any atom is -0.373 e. The molecule has 0 aromatic carbocycles. The molecule has 10 heteroatoms. The third-order valence-electron chi connectivity index (χ3n) is 6.36. The molecule has 0 spiro atoms. The first-order chi connectivity index (χ1) is 13.5. The Labute approximate surface area is 172 Å². The van der Waals surface area contributed by atoms with Crippen molar-refractivity contribution in [3.05, 3.63) is 0 Å². The summed E-state index contributed by atoms with van der Waals surface area (Å²) < 4.78 is 6.43. The average molecular weight is 416 g/mol. The van der Waals surface area contributed by atoms with Crippen molar-refractivity contribution in [2.24, 2.45) is 11.7 Å². The van der Waals surface area contributed by atoms with Crippen LogP contribution < -0.4 is 27.1 Å². The van der Waals surface area contributed by atoms with E-state index in [9.17, 15) is 4.79 Å². The maximum Gasteiger partial charge on any atom is 0.229 e. The second-order valence-corrected chi connectivity index (χ2v) is 9.19. The number of nitrogens with two attached hydrogens (primary N) is 1. The Balaban J connectivity index is 1.39. The number of carbonyl (C=O) groups is 1. The molecule has 0 bridgehead atoms. The Morgan fingerprint density at radius 1 is 1.25 bits per heavy atom. The zero-order valence-corrected chi connectivity index (χ0v) is 17.3. The summed E-state index contributed by atoms with van der Waals surface area (Å²) in [6.45, 7) is 5.13. The maximum atomic E-state index is 13.2. The zero-order valence-electron chi connectivity index (χ0n) is 16.6. The number of hydrazine groups is 1. The number of fused-ring (bicyclic) bond motifs is 1. The van der Waals surface area contributed by atoms with Gasteiger partial charge in [0.2, 0.25) is 5.91 Å². The molecule has 4 aliphatic rings. The molecule has 160 valence electrons. The Hall–Kier alpha value is -0.520. The molecule has 6 atom stereocenters. The molecule has 4 rings (SSSR count). The molecule has 28 heavy (non-hydrogen) atoms. The third-order valence-corrected chi connectivity index (χ3v) is 6.65. The number of nitrogens with zero attached hydrogens (tertiary/aromatic N) is 2. The number of carbonyl (C=O) groups excluding carboxylic acids is 1. The molecule has 0 aromatic rings. The topological polar surface area (TPSA) is 107 Å². The molecule has 6 N–H and O–H groups in total. The van der Waals surface area contributed by atoms with Gasteiger partial charge in [-0.1, -0.05) is 0 Å². The van der Waals surface area contributed by atoms with Crippen LogP contribution in [0.1, 0.15) is 19.3 Å². The Morgan fingerprint density at radius 2 is 2.04 bits per heavy atom. The highest BCUT2D eigenvalue weighted by Gasteiger charge is 2.47. The van der Waals surface area contributed by atoms with E-state index in [4.69, 9.17) is 22.1 Å². The van der Waals surface area contributed by atoms with Crippen molar-refractivity contribution in [1.29, 1.82) is 0 Å². The summed E-state index contributed by atoms with van der Waals surface area (Å²) in [5.74, 6) is -0.386. The number of alkyl halides is 1. The van der Waals surface area contributed by atoms with Crippen molar-refractivity contribution < 1.29 is 9.53 Å². The minimum absolute atomic E-state index is 0.00696. The van der Waals surface area contributed by atoms with E-state index in [1.807, 2.05) is 5.01 Å². The highest BCUT2D eigenvalue weighted by atomic mass is 35.5. The number of halogens is 1. The lowest BCUT2D eigenvalue weighted by Crippen LogP contribution is -2.61. The Kier molecular flexibility index (Phi) is 6.74. The number of rotatable bonds is 4. The predicted octanol–water partition coefficient (Wildman–Crippen LogP) is -1.80. The molecule has 0 aromatic heterocycles. The van der Waals surface area contributed by atoms with Gasteiger partial charge in [0.1, 0.15) is 0 Å². The molecule has 6 unspecified atom stereocenters. The smallest absolute Gasteiger partial charge is 0.229 e. The number of hydrogen-bond donors (Lipinski definition) is 5. The third kappa shape index (κ3) is 4.62. The van der Waals surface area contributed by atoms with Crippen LogP contribution >= 0.6 is 11.6 Å². The fourth-order valence-corrected chi connectivity index (χ4v) is 5.07. The lowest BCUT2D eigenvalue weighted by Gasteiger charge is -2.40. The van der Waals surface area contributed by atoms with Gasteiger partial charge in [-0.25, -0.2) is 10.4 Å². The first-order valence-corrected chi connectivity index (χ1v) is 11.0. The van der Waals surface area contributed by atoms with Crippen LogP contribution in [0, 0.1) is 5.92 Å². The van der Waals surface area contributed by atoms with Crippen molar-refractivity contribution >= 4 is 17.5 Å². The van der Waals surface area contributed by atoms with Gasteiger partial charge in [-0.05, 0) is 39.4 Å². The average Bonchev–Trinajstić information content (AvgIpc) is 2.99. The molecular formula is C18H34ClN7O2. The second-order valence-electron chi connectivity index (χ2n) is 8.57. The fourth-order valence-electron chi connectivity index (χ4n) is 4.83. The molecule has 0 radical (unpaired) electrons. The van der Waals surface area contributed by atoms with Crippen molar-refractivity contribution in [3.8, 4) is 0 Å². The number of nitrogens with one attached hydrogen (secondary N) is 4. The van der Waals surface area contributed by atoms with E-state index in [0.29, 0.717) is 13.1 Å². The molecule has 1 amide bonds. The van der Waals surface area contributed by atoms with Crippen LogP contribution in [0.4, 0.5) is 0 Å². The van der Waals surface area contributed by atoms with Crippen LogP contribution in [-0.4, -0.2) is 98.1 Å². The second kappa shape index (κ2) is 9.09. The van der Waals surface area contributed by atoms with Crippen LogP contribution in [0.15, 0.2) is 0 Å². The number of amides is 1. The molecule has 0 saturated carbocycles. The van der Waals surface area contributed by atoms with Gasteiger partial charge in [0.05, 0.1) is 41.9 Å². The molecule has 4 aliphatic heterocycles. The lowest BCUT2D eigenvalue weighted by atomic mass is 9.97. The van der Waals surface area contributed by atoms with E-state index in [1.54, 1.807) is 0 Å². The molecule has 4 fully saturated rings. The summed E-state index contributed by atoms with van der Waals surface area (Å²) in [7, 11) is 2.09. The molecule has 0 aliphatic carbocycles. The Bertz CT molecular complexity index is 550. The van der Waals surface area contributed by atoms with Crippen molar-refractivity contribution in [2.75, 3.05) is 46.3 Å². The summed E-state index contributed by atoms with van der Waals surface area (Å²) in [5.41, 5.74) is 9.45. The summed E-state index contributed by atoms with van der Waals surface area (Å²) in [5, 5.41) is 12.0. The lowest BCUT2D eigenvalue weighted by molar-refractivity contribution is -0.131. The number of hydrogen-bond acceptors (Lipinski definition) is 8. The number of likely N-dealkylation sites (tertiary alicyclic amines) is 1. The van der Waals surface area contributed by atoms with Crippen LogP contribution in [0.3, 0.4) is 0 Å². The summed E-state index contributed by atoms with van der Waals surface area (Å²) >= 11 is 6.23. The molecular weight excluding hydrogens is 382 g/mol. The van der Waals surface area contributed by atoms with E-state index >= 15 is 0 Å². The normalized spacial score (nSPS) is 41.0. The van der Waals surface area contributed by atoms with E-state index in [0.717, 1.165) is 45.4 Å². The maximum absolute atomic E-state index is 13.2. The van der Waals surface area contributed by atoms with Crippen LogP contribution in [0.25, 0.3) is 0 Å². The number of piperidine rings is 2. The summed E-state index contributed by atoms with van der Waals surface area (Å²) in [4.78, 5) is 15.4. The van der Waals surface area contributed by atoms with Gasteiger partial charge in [-0.2, -0.15) is 0 Å². The van der Waals surface area contributed by atoms with Crippen molar-refractivity contribution in [3.63, 3.8) is 0 Å². The summed E-state index contributed by atoms with van der Waals surface area (Å²) in [6, 6.07) is -0.0215. The minimum atomic E-state index is -0.426. The van der Waals surface area contributed by atoms with Gasteiger partial charge in [-0.3, -0.25) is 10.1 Å². The van der Waals surface area contributed by atoms with E-state index in [-0.39, 0.29) is 41.6 Å². The first-order valence-electron chi connectivity index (χ1n) is 10.5. The molecule has 9 nitrogen and oxygen atoms in total. The van der Waals surface area contributed by atoms with Crippen molar-refractivity contribution in [2.45, 2.75) is 55.2 Å². The van der Waals surface area contributed by atoms with E-state index in [1.165, 1.54) is 0 Å². The number of ether oxygens (including phenoxy) is 1. The zero-order chi connectivity index (χ0) is 19.7. The van der Waals surface area contributed by atoms with Gasteiger partial charge >= 0.3 is 0 Å². The highest BCUT2D eigenvalue weighted by Crippen LogP contribution is 2.24. The monoisotopic (exact) mass is 415 g/mol. The highest BCUT2D eigenvalue weighted by molar-refractivity contribution is 6.21. The largest absolute Gasteiger partial charge is 0.373 e. The molecule has 4 heterocycles. The van der Waals surface area contributed by atoms with Gasteiger partial charge in [0, 0.05) is 26.2 Å². The number of likely N-dealkylation sites (N-methyl/N-ethyl adjacent to an activating group) is 1. The quantitative estimate of drug-likeness (QED) is 0.342. The van der Waals surface area contributed by atoms with Gasteiger partial charge in [-0.15, -0.1) is 11.6 Å². The van der Waals surface area contributed by atoms with Crippen LogP contribution in [0.2, 0.25) is 0 Å². The van der Waals surface area contributed by atoms with Crippen molar-refractivity contribution in [1.82, 2.24) is 31.3 Å². The Morgan fingerprint density at radius 3 is 2.82 bits per heavy atom. The summed E-state index contributed by atoms with van der Waals surface area (Å²) in [6.07, 6.45) is 2.77. The SMILES string of the molecule is CN1CCC(OC2CCNCC2)C(NC(=O)C2C(N)NN3CC(Cl)CNC23)C1. The first kappa shape index (κ1) is 20.7. The molecule has 4 saturated heterocycles. The van der Waals surface area contributed by atoms with E-state index < -0.39 is 6.17 Å². The van der Waals surface area contributed by atoms with Crippen LogP contribution in [-0.2, 0) is 9.53 Å². The predicted molar refractivity (Wildman–Crippen MR) is 108 cm³/mol.